The monoisotopic (exact) mass is 214 g/mol. The number of hydrogen-bond donors (Lipinski definition) is 1. The smallest absolute Gasteiger partial charge is 0.410 e. The highest BCUT2D eigenvalue weighted by Gasteiger charge is 2.36. The number of amides is 1. The molecule has 2 unspecified atom stereocenters. The van der Waals surface area contributed by atoms with Crippen molar-refractivity contribution in [2.24, 2.45) is 5.92 Å². The lowest BCUT2D eigenvalue weighted by Crippen LogP contribution is -2.45. The van der Waals surface area contributed by atoms with Crippen LogP contribution in [0.25, 0.3) is 0 Å². The van der Waals surface area contributed by atoms with Crippen molar-refractivity contribution in [2.45, 2.75) is 39.3 Å². The van der Waals surface area contributed by atoms with Crippen molar-refractivity contribution in [2.75, 3.05) is 20.2 Å². The Kier molecular flexibility index (Phi) is 4.39. The first-order valence-corrected chi connectivity index (χ1v) is 5.66. The van der Waals surface area contributed by atoms with Crippen LogP contribution in [0.5, 0.6) is 0 Å². The molecule has 0 spiro atoms. The number of nitrogens with zero attached hydrogens (tertiary/aromatic N) is 1. The Bertz CT molecular complexity index is 219. The molecule has 1 saturated heterocycles. The van der Waals surface area contributed by atoms with E-state index in [-0.39, 0.29) is 18.2 Å². The summed E-state index contributed by atoms with van der Waals surface area (Å²) in [5.41, 5.74) is 0. The van der Waals surface area contributed by atoms with Gasteiger partial charge in [0.2, 0.25) is 0 Å². The molecule has 0 aliphatic carbocycles. The SMILES string of the molecule is CNCC(C)N1C(=O)OCC1CC(C)C. The van der Waals surface area contributed by atoms with Crippen LogP contribution in [-0.2, 0) is 4.74 Å². The third kappa shape index (κ3) is 3.09. The second-order valence-electron chi connectivity index (χ2n) is 4.67. The zero-order chi connectivity index (χ0) is 11.4. The Morgan fingerprint density at radius 2 is 2.20 bits per heavy atom. The maximum atomic E-state index is 11.6. The summed E-state index contributed by atoms with van der Waals surface area (Å²) in [4.78, 5) is 13.4. The molecule has 88 valence electrons. The average molecular weight is 214 g/mol. The molecule has 4 heteroatoms. The highest BCUT2D eigenvalue weighted by molar-refractivity contribution is 5.70. The standard InChI is InChI=1S/C11H22N2O2/c1-8(2)5-10-7-15-11(14)13(10)9(3)6-12-4/h8-10,12H,5-7H2,1-4H3. The van der Waals surface area contributed by atoms with Gasteiger partial charge in [0.05, 0.1) is 6.04 Å². The van der Waals surface area contributed by atoms with Crippen molar-refractivity contribution < 1.29 is 9.53 Å². The van der Waals surface area contributed by atoms with E-state index >= 15 is 0 Å². The lowest BCUT2D eigenvalue weighted by Gasteiger charge is -2.28. The summed E-state index contributed by atoms with van der Waals surface area (Å²) in [5, 5.41) is 3.09. The third-order valence-electron chi connectivity index (χ3n) is 2.72. The van der Waals surface area contributed by atoms with Crippen molar-refractivity contribution in [1.82, 2.24) is 10.2 Å². The molecule has 2 atom stereocenters. The quantitative estimate of drug-likeness (QED) is 0.753. The molecule has 1 aliphatic heterocycles. The van der Waals surface area contributed by atoms with Gasteiger partial charge in [0.1, 0.15) is 6.61 Å². The van der Waals surface area contributed by atoms with Crippen LogP contribution in [0.2, 0.25) is 0 Å². The van der Waals surface area contributed by atoms with E-state index in [1.807, 2.05) is 11.9 Å². The van der Waals surface area contributed by atoms with E-state index in [1.54, 1.807) is 0 Å². The largest absolute Gasteiger partial charge is 0.447 e. The Morgan fingerprint density at radius 1 is 1.53 bits per heavy atom. The van der Waals surface area contributed by atoms with E-state index in [0.717, 1.165) is 13.0 Å². The van der Waals surface area contributed by atoms with Gasteiger partial charge in [0.15, 0.2) is 0 Å². The molecule has 1 N–H and O–H groups in total. The summed E-state index contributed by atoms with van der Waals surface area (Å²) >= 11 is 0. The second-order valence-corrected chi connectivity index (χ2v) is 4.67. The summed E-state index contributed by atoms with van der Waals surface area (Å²) in [7, 11) is 1.90. The molecule has 1 heterocycles. The topological polar surface area (TPSA) is 41.6 Å². The van der Waals surface area contributed by atoms with Crippen LogP contribution in [0.15, 0.2) is 0 Å². The third-order valence-corrected chi connectivity index (χ3v) is 2.72. The van der Waals surface area contributed by atoms with Crippen LogP contribution in [0.4, 0.5) is 4.79 Å². The highest BCUT2D eigenvalue weighted by Crippen LogP contribution is 2.21. The Labute approximate surface area is 92.0 Å². The van der Waals surface area contributed by atoms with Crippen LogP contribution in [0, 0.1) is 5.92 Å². The van der Waals surface area contributed by atoms with E-state index < -0.39 is 0 Å². The maximum Gasteiger partial charge on any atom is 0.410 e. The first kappa shape index (κ1) is 12.3. The van der Waals surface area contributed by atoms with Gasteiger partial charge in [-0.15, -0.1) is 0 Å². The lowest BCUT2D eigenvalue weighted by molar-refractivity contribution is 0.145. The van der Waals surface area contributed by atoms with Gasteiger partial charge < -0.3 is 10.1 Å². The van der Waals surface area contributed by atoms with Gasteiger partial charge in [-0.1, -0.05) is 13.8 Å². The number of likely N-dealkylation sites (N-methyl/N-ethyl adjacent to an activating group) is 1. The Hall–Kier alpha value is -0.770. The molecule has 4 nitrogen and oxygen atoms in total. The van der Waals surface area contributed by atoms with Gasteiger partial charge in [0.25, 0.3) is 0 Å². The minimum atomic E-state index is -0.164. The van der Waals surface area contributed by atoms with Gasteiger partial charge in [-0.3, -0.25) is 4.90 Å². The molecule has 1 rings (SSSR count). The van der Waals surface area contributed by atoms with Crippen molar-refractivity contribution in [3.05, 3.63) is 0 Å². The van der Waals surface area contributed by atoms with Crippen LogP contribution in [-0.4, -0.2) is 43.3 Å². The molecule has 1 fully saturated rings. The Morgan fingerprint density at radius 3 is 2.73 bits per heavy atom. The molecule has 0 saturated carbocycles. The van der Waals surface area contributed by atoms with Crippen LogP contribution >= 0.6 is 0 Å². The zero-order valence-electron chi connectivity index (χ0n) is 10.1. The van der Waals surface area contributed by atoms with E-state index in [9.17, 15) is 4.79 Å². The van der Waals surface area contributed by atoms with E-state index in [4.69, 9.17) is 4.74 Å². The number of carbonyl (C=O) groups is 1. The van der Waals surface area contributed by atoms with E-state index in [0.29, 0.717) is 12.5 Å². The van der Waals surface area contributed by atoms with Gasteiger partial charge in [-0.25, -0.2) is 4.79 Å². The minimum Gasteiger partial charge on any atom is -0.447 e. The predicted molar refractivity (Wildman–Crippen MR) is 59.8 cm³/mol. The van der Waals surface area contributed by atoms with E-state index in [2.05, 4.69) is 26.1 Å². The number of carbonyl (C=O) groups excluding carboxylic acids is 1. The molecule has 1 amide bonds. The first-order valence-electron chi connectivity index (χ1n) is 5.66. The molecule has 15 heavy (non-hydrogen) atoms. The van der Waals surface area contributed by atoms with Crippen molar-refractivity contribution in [1.29, 1.82) is 0 Å². The number of cyclic esters (lactones) is 1. The number of hydrogen-bond acceptors (Lipinski definition) is 3. The number of nitrogens with one attached hydrogen (secondary N) is 1. The van der Waals surface area contributed by atoms with Crippen LogP contribution in [0.1, 0.15) is 27.2 Å². The van der Waals surface area contributed by atoms with Crippen molar-refractivity contribution in [3.8, 4) is 0 Å². The van der Waals surface area contributed by atoms with Crippen molar-refractivity contribution in [3.63, 3.8) is 0 Å². The molecular weight excluding hydrogens is 192 g/mol. The lowest BCUT2D eigenvalue weighted by atomic mass is 10.0. The van der Waals surface area contributed by atoms with Crippen LogP contribution < -0.4 is 5.32 Å². The molecule has 0 aromatic heterocycles. The minimum absolute atomic E-state index is 0.164. The van der Waals surface area contributed by atoms with Gasteiger partial charge in [-0.05, 0) is 26.3 Å². The maximum absolute atomic E-state index is 11.6. The summed E-state index contributed by atoms with van der Waals surface area (Å²) in [6.07, 6.45) is 0.850. The molecule has 0 aromatic rings. The molecule has 0 aromatic carbocycles. The molecule has 1 aliphatic rings. The number of rotatable bonds is 5. The fourth-order valence-electron chi connectivity index (χ4n) is 2.13. The normalized spacial score (nSPS) is 23.4. The van der Waals surface area contributed by atoms with E-state index in [1.165, 1.54) is 0 Å². The van der Waals surface area contributed by atoms with Crippen molar-refractivity contribution >= 4 is 6.09 Å². The molecule has 0 bridgehead atoms. The number of ether oxygens (including phenoxy) is 1. The highest BCUT2D eigenvalue weighted by atomic mass is 16.6. The van der Waals surface area contributed by atoms with Gasteiger partial charge in [0, 0.05) is 12.6 Å². The van der Waals surface area contributed by atoms with Crippen LogP contribution in [0.3, 0.4) is 0 Å². The second kappa shape index (κ2) is 5.35. The fraction of sp³-hybridized carbons (Fsp3) is 0.909. The zero-order valence-corrected chi connectivity index (χ0v) is 10.1. The molecular formula is C11H22N2O2. The van der Waals surface area contributed by atoms with Gasteiger partial charge in [-0.2, -0.15) is 0 Å². The fourth-order valence-corrected chi connectivity index (χ4v) is 2.13. The Balaban J connectivity index is 2.59. The summed E-state index contributed by atoms with van der Waals surface area (Å²) in [6.45, 7) is 7.75. The summed E-state index contributed by atoms with van der Waals surface area (Å²) < 4.78 is 5.11. The van der Waals surface area contributed by atoms with Gasteiger partial charge >= 0.3 is 6.09 Å². The summed E-state index contributed by atoms with van der Waals surface area (Å²) in [5.74, 6) is 0.591. The molecule has 0 radical (unpaired) electrons. The first-order chi connectivity index (χ1) is 7.06. The summed E-state index contributed by atoms with van der Waals surface area (Å²) in [6, 6.07) is 0.453. The predicted octanol–water partition coefficient (Wildman–Crippen LogP) is 1.46. The average Bonchev–Trinajstić information content (AvgIpc) is 2.46.